The van der Waals surface area contributed by atoms with Crippen LogP contribution in [0.5, 0.6) is 0 Å². The number of nitriles is 1. The van der Waals surface area contributed by atoms with Crippen LogP contribution in [0.2, 0.25) is 0 Å². The Balaban J connectivity index is 2.43. The zero-order valence-electron chi connectivity index (χ0n) is 6.70. The molecule has 0 atom stereocenters. The van der Waals surface area contributed by atoms with Crippen molar-refractivity contribution in [2.75, 3.05) is 5.32 Å². The molecule has 2 rings (SSSR count). The van der Waals surface area contributed by atoms with Gasteiger partial charge in [-0.05, 0) is 12.1 Å². The van der Waals surface area contributed by atoms with Gasteiger partial charge in [-0.2, -0.15) is 5.26 Å². The van der Waals surface area contributed by atoms with Crippen LogP contribution in [0.15, 0.2) is 18.2 Å². The quantitative estimate of drug-likeness (QED) is 0.395. The van der Waals surface area contributed by atoms with Gasteiger partial charge in [-0.15, -0.1) is 0 Å². The Morgan fingerprint density at radius 2 is 2.38 bits per heavy atom. The van der Waals surface area contributed by atoms with Gasteiger partial charge in [-0.1, -0.05) is 6.07 Å². The van der Waals surface area contributed by atoms with Crippen molar-refractivity contribution < 1.29 is 9.53 Å². The number of anilines is 1. The van der Waals surface area contributed by atoms with E-state index in [9.17, 15) is 4.79 Å². The average Bonchev–Trinajstić information content (AvgIpc) is 2.49. The fourth-order valence-corrected chi connectivity index (χ4v) is 1.26. The molecule has 0 aliphatic carbocycles. The predicted octanol–water partition coefficient (Wildman–Crippen LogP) is 1.25. The second-order valence-electron chi connectivity index (χ2n) is 2.68. The highest BCUT2D eigenvalue weighted by Crippen LogP contribution is 2.22. The summed E-state index contributed by atoms with van der Waals surface area (Å²) in [4.78, 5) is 11.1. The van der Waals surface area contributed by atoms with E-state index in [2.05, 4.69) is 5.32 Å². The first kappa shape index (κ1) is 7.62. The Hall–Kier alpha value is -2.02. The van der Waals surface area contributed by atoms with Crippen molar-refractivity contribution in [3.05, 3.63) is 29.3 Å². The SMILES string of the molecule is N#CNc1ccc2c(c1)C(=O)OC2. The van der Waals surface area contributed by atoms with Gasteiger partial charge in [0.1, 0.15) is 6.61 Å². The summed E-state index contributed by atoms with van der Waals surface area (Å²) in [5, 5.41) is 10.8. The number of hydrogen-bond donors (Lipinski definition) is 1. The first-order chi connectivity index (χ1) is 6.31. The number of rotatable bonds is 1. The Morgan fingerprint density at radius 3 is 3.15 bits per heavy atom. The monoisotopic (exact) mass is 174 g/mol. The smallest absolute Gasteiger partial charge is 0.338 e. The van der Waals surface area contributed by atoms with E-state index in [0.717, 1.165) is 5.56 Å². The molecule has 1 aliphatic rings. The molecule has 4 nitrogen and oxygen atoms in total. The number of esters is 1. The summed E-state index contributed by atoms with van der Waals surface area (Å²) < 4.78 is 4.81. The lowest BCUT2D eigenvalue weighted by Gasteiger charge is -1.97. The van der Waals surface area contributed by atoms with Crippen molar-refractivity contribution in [2.24, 2.45) is 0 Å². The maximum absolute atomic E-state index is 11.1. The Labute approximate surface area is 74.7 Å². The number of hydrogen-bond acceptors (Lipinski definition) is 4. The number of nitrogens with zero attached hydrogens (tertiary/aromatic N) is 1. The van der Waals surface area contributed by atoms with Gasteiger partial charge in [-0.3, -0.25) is 5.32 Å². The third-order valence-electron chi connectivity index (χ3n) is 1.89. The highest BCUT2D eigenvalue weighted by molar-refractivity contribution is 5.94. The molecule has 0 unspecified atom stereocenters. The van der Waals surface area contributed by atoms with E-state index in [-0.39, 0.29) is 5.97 Å². The van der Waals surface area contributed by atoms with E-state index in [1.54, 1.807) is 24.4 Å². The molecule has 0 fully saturated rings. The fraction of sp³-hybridized carbons (Fsp3) is 0.111. The predicted molar refractivity (Wildman–Crippen MR) is 44.8 cm³/mol. The van der Waals surface area contributed by atoms with Gasteiger partial charge in [0.25, 0.3) is 0 Å². The Kier molecular flexibility index (Phi) is 1.64. The maximum Gasteiger partial charge on any atom is 0.338 e. The summed E-state index contributed by atoms with van der Waals surface area (Å²) >= 11 is 0. The molecule has 1 aromatic rings. The first-order valence-electron chi connectivity index (χ1n) is 3.76. The molecular weight excluding hydrogens is 168 g/mol. The molecule has 0 spiro atoms. The minimum absolute atomic E-state index is 0.323. The van der Waals surface area contributed by atoms with Crippen molar-refractivity contribution in [1.29, 1.82) is 5.26 Å². The van der Waals surface area contributed by atoms with Crippen LogP contribution in [0.25, 0.3) is 0 Å². The third kappa shape index (κ3) is 1.20. The molecule has 4 heteroatoms. The lowest BCUT2D eigenvalue weighted by atomic mass is 10.1. The van der Waals surface area contributed by atoms with Crippen molar-refractivity contribution >= 4 is 11.7 Å². The second kappa shape index (κ2) is 2.79. The van der Waals surface area contributed by atoms with E-state index < -0.39 is 0 Å². The van der Waals surface area contributed by atoms with Gasteiger partial charge in [0.2, 0.25) is 0 Å². The molecule has 0 saturated heterocycles. The summed E-state index contributed by atoms with van der Waals surface area (Å²) in [6.07, 6.45) is 1.79. The molecular formula is C9H6N2O2. The molecule has 1 aliphatic heterocycles. The molecule has 0 bridgehead atoms. The van der Waals surface area contributed by atoms with Crippen LogP contribution in [0.4, 0.5) is 5.69 Å². The molecule has 0 radical (unpaired) electrons. The molecule has 1 heterocycles. The highest BCUT2D eigenvalue weighted by Gasteiger charge is 2.20. The van der Waals surface area contributed by atoms with E-state index in [1.807, 2.05) is 0 Å². The zero-order valence-corrected chi connectivity index (χ0v) is 6.70. The molecule has 13 heavy (non-hydrogen) atoms. The number of carbonyl (C=O) groups is 1. The van der Waals surface area contributed by atoms with E-state index in [0.29, 0.717) is 17.9 Å². The van der Waals surface area contributed by atoms with Crippen molar-refractivity contribution in [1.82, 2.24) is 0 Å². The minimum Gasteiger partial charge on any atom is -0.457 e. The van der Waals surface area contributed by atoms with Gasteiger partial charge in [0.15, 0.2) is 6.19 Å². The van der Waals surface area contributed by atoms with Crippen molar-refractivity contribution in [3.63, 3.8) is 0 Å². The fourth-order valence-electron chi connectivity index (χ4n) is 1.26. The van der Waals surface area contributed by atoms with Crippen LogP contribution >= 0.6 is 0 Å². The van der Waals surface area contributed by atoms with Crippen LogP contribution < -0.4 is 5.32 Å². The molecule has 0 aromatic heterocycles. The van der Waals surface area contributed by atoms with Crippen LogP contribution in [0, 0.1) is 11.5 Å². The van der Waals surface area contributed by atoms with E-state index in [4.69, 9.17) is 10.00 Å². The van der Waals surface area contributed by atoms with Crippen molar-refractivity contribution in [3.8, 4) is 6.19 Å². The number of carbonyl (C=O) groups excluding carboxylic acids is 1. The van der Waals surface area contributed by atoms with Gasteiger partial charge >= 0.3 is 5.97 Å². The van der Waals surface area contributed by atoms with Gasteiger partial charge < -0.3 is 4.74 Å². The summed E-state index contributed by atoms with van der Waals surface area (Å²) in [6, 6.07) is 5.14. The Morgan fingerprint density at radius 1 is 1.54 bits per heavy atom. The second-order valence-corrected chi connectivity index (χ2v) is 2.68. The topological polar surface area (TPSA) is 62.1 Å². The number of nitrogens with one attached hydrogen (secondary N) is 1. The standard InChI is InChI=1S/C9H6N2O2/c10-5-11-7-2-1-6-4-13-9(12)8(6)3-7/h1-3,11H,4H2. The van der Waals surface area contributed by atoms with Crippen molar-refractivity contribution in [2.45, 2.75) is 6.61 Å². The number of fused-ring (bicyclic) bond motifs is 1. The zero-order chi connectivity index (χ0) is 9.26. The maximum atomic E-state index is 11.1. The molecule has 0 saturated carbocycles. The van der Waals surface area contributed by atoms with Gasteiger partial charge in [-0.25, -0.2) is 4.79 Å². The van der Waals surface area contributed by atoms with Crippen LogP contribution in [0.1, 0.15) is 15.9 Å². The molecule has 1 N–H and O–H groups in total. The van der Waals surface area contributed by atoms with Gasteiger partial charge in [0, 0.05) is 11.3 Å². The Bertz CT molecular complexity index is 407. The number of ether oxygens (including phenoxy) is 1. The number of benzene rings is 1. The summed E-state index contributed by atoms with van der Waals surface area (Å²) in [5.41, 5.74) is 2.02. The molecule has 1 aromatic carbocycles. The largest absolute Gasteiger partial charge is 0.457 e. The number of cyclic esters (lactones) is 1. The normalized spacial score (nSPS) is 13.0. The minimum atomic E-state index is -0.323. The summed E-state index contributed by atoms with van der Waals surface area (Å²) in [6.45, 7) is 0.334. The van der Waals surface area contributed by atoms with Crippen LogP contribution in [-0.4, -0.2) is 5.97 Å². The lowest BCUT2D eigenvalue weighted by Crippen LogP contribution is -1.95. The first-order valence-corrected chi connectivity index (χ1v) is 3.76. The van der Waals surface area contributed by atoms with Gasteiger partial charge in [0.05, 0.1) is 5.56 Å². The average molecular weight is 174 g/mol. The molecule has 0 amide bonds. The van der Waals surface area contributed by atoms with E-state index in [1.165, 1.54) is 0 Å². The third-order valence-corrected chi connectivity index (χ3v) is 1.89. The summed E-state index contributed by atoms with van der Waals surface area (Å²) in [5.74, 6) is -0.323. The van der Waals surface area contributed by atoms with Crippen LogP contribution in [-0.2, 0) is 11.3 Å². The molecule has 64 valence electrons. The summed E-state index contributed by atoms with van der Waals surface area (Å²) in [7, 11) is 0. The highest BCUT2D eigenvalue weighted by atomic mass is 16.5. The lowest BCUT2D eigenvalue weighted by molar-refractivity contribution is 0.0535. The van der Waals surface area contributed by atoms with Crippen LogP contribution in [0.3, 0.4) is 0 Å². The van der Waals surface area contributed by atoms with E-state index >= 15 is 0 Å².